The zero-order valence-corrected chi connectivity index (χ0v) is 10.3. The van der Waals surface area contributed by atoms with Crippen molar-refractivity contribution in [2.75, 3.05) is 11.1 Å². The van der Waals surface area contributed by atoms with E-state index in [1.54, 1.807) is 6.20 Å². The second-order valence-corrected chi connectivity index (χ2v) is 4.18. The number of nitrogens with zero attached hydrogens (tertiary/aromatic N) is 2. The molecule has 0 aliphatic rings. The van der Waals surface area contributed by atoms with Gasteiger partial charge in [-0.2, -0.15) is 0 Å². The van der Waals surface area contributed by atoms with Gasteiger partial charge < -0.3 is 11.1 Å². The highest BCUT2D eigenvalue weighted by Gasteiger charge is 2.04. The first-order valence-corrected chi connectivity index (χ1v) is 5.48. The Bertz CT molecular complexity index is 526. The minimum atomic E-state index is 0.455. The van der Waals surface area contributed by atoms with Crippen molar-refractivity contribution in [1.82, 2.24) is 9.97 Å². The third-order valence-electron chi connectivity index (χ3n) is 2.95. The van der Waals surface area contributed by atoms with E-state index in [-0.39, 0.29) is 0 Å². The van der Waals surface area contributed by atoms with E-state index in [1.165, 1.54) is 23.0 Å². The number of aromatic nitrogens is 2. The Kier molecular flexibility index (Phi) is 2.95. The predicted molar refractivity (Wildman–Crippen MR) is 70.4 cm³/mol. The van der Waals surface area contributed by atoms with Crippen LogP contribution in [0.25, 0.3) is 0 Å². The number of nitrogens with one attached hydrogen (secondary N) is 1. The zero-order chi connectivity index (χ0) is 12.4. The molecule has 1 aromatic heterocycles. The molecule has 0 saturated heterocycles. The molecule has 2 rings (SSSR count). The lowest BCUT2D eigenvalue weighted by Crippen LogP contribution is -2.00. The van der Waals surface area contributed by atoms with Gasteiger partial charge in [-0.05, 0) is 49.6 Å². The number of aryl methyl sites for hydroxylation is 2. The Balaban J connectivity index is 2.34. The molecule has 2 aromatic rings. The number of nitrogens with two attached hydrogens (primary N) is 1. The van der Waals surface area contributed by atoms with Gasteiger partial charge in [-0.3, -0.25) is 0 Å². The van der Waals surface area contributed by atoms with E-state index in [4.69, 9.17) is 5.73 Å². The van der Waals surface area contributed by atoms with Crippen LogP contribution in [0.3, 0.4) is 0 Å². The third kappa shape index (κ3) is 2.36. The molecular weight excluding hydrogens is 212 g/mol. The quantitative estimate of drug-likeness (QED) is 0.829. The van der Waals surface area contributed by atoms with E-state index in [9.17, 15) is 0 Å². The molecule has 3 N–H and O–H groups in total. The van der Waals surface area contributed by atoms with E-state index in [1.807, 2.05) is 0 Å². The van der Waals surface area contributed by atoms with E-state index in [2.05, 4.69) is 48.2 Å². The summed E-state index contributed by atoms with van der Waals surface area (Å²) in [4.78, 5) is 7.89. The van der Waals surface area contributed by atoms with Gasteiger partial charge in [0.15, 0.2) is 5.82 Å². The summed E-state index contributed by atoms with van der Waals surface area (Å²) in [6.07, 6.45) is 3.11. The lowest BCUT2D eigenvalue weighted by atomic mass is 10.0. The van der Waals surface area contributed by atoms with Crippen molar-refractivity contribution in [2.45, 2.75) is 20.8 Å². The van der Waals surface area contributed by atoms with Crippen LogP contribution in [0.5, 0.6) is 0 Å². The van der Waals surface area contributed by atoms with Crippen LogP contribution < -0.4 is 11.1 Å². The summed E-state index contributed by atoms with van der Waals surface area (Å²) in [5.74, 6) is 0.455. The van der Waals surface area contributed by atoms with Crippen molar-refractivity contribution in [1.29, 1.82) is 0 Å². The lowest BCUT2D eigenvalue weighted by molar-refractivity contribution is 1.17. The molecule has 0 amide bonds. The van der Waals surface area contributed by atoms with E-state index in [0.29, 0.717) is 5.82 Å². The molecule has 4 heteroatoms. The summed E-state index contributed by atoms with van der Waals surface area (Å²) in [6.45, 7) is 6.31. The summed E-state index contributed by atoms with van der Waals surface area (Å²) in [6, 6.07) is 4.18. The largest absolute Gasteiger partial charge is 0.382 e. The SMILES string of the molecule is Cc1cc(Nc2cncnc2N)cc(C)c1C. The smallest absolute Gasteiger partial charge is 0.150 e. The lowest BCUT2D eigenvalue weighted by Gasteiger charge is -2.11. The van der Waals surface area contributed by atoms with Crippen molar-refractivity contribution in [2.24, 2.45) is 0 Å². The standard InChI is InChI=1S/C13H16N4/c1-8-4-11(5-9(2)10(8)3)17-12-6-15-7-16-13(12)14/h4-7,17H,1-3H3,(H2,14,15,16). The average molecular weight is 228 g/mol. The Morgan fingerprint density at radius 3 is 2.35 bits per heavy atom. The molecule has 0 radical (unpaired) electrons. The molecule has 0 saturated carbocycles. The van der Waals surface area contributed by atoms with E-state index in [0.717, 1.165) is 11.4 Å². The van der Waals surface area contributed by atoms with Crippen LogP contribution in [0.1, 0.15) is 16.7 Å². The van der Waals surface area contributed by atoms with Gasteiger partial charge in [-0.15, -0.1) is 0 Å². The number of hydrogen-bond donors (Lipinski definition) is 2. The van der Waals surface area contributed by atoms with Crippen LogP contribution in [-0.2, 0) is 0 Å². The molecular formula is C13H16N4. The molecule has 0 aliphatic heterocycles. The minimum absolute atomic E-state index is 0.455. The van der Waals surface area contributed by atoms with E-state index >= 15 is 0 Å². The van der Waals surface area contributed by atoms with Crippen LogP contribution in [0.15, 0.2) is 24.7 Å². The maximum atomic E-state index is 5.76. The molecule has 0 atom stereocenters. The second-order valence-electron chi connectivity index (χ2n) is 4.18. The maximum Gasteiger partial charge on any atom is 0.150 e. The number of hydrogen-bond acceptors (Lipinski definition) is 4. The molecule has 1 heterocycles. The molecule has 0 aliphatic carbocycles. The van der Waals surface area contributed by atoms with Crippen LogP contribution >= 0.6 is 0 Å². The molecule has 17 heavy (non-hydrogen) atoms. The fourth-order valence-corrected chi connectivity index (χ4v) is 1.70. The van der Waals surface area contributed by atoms with Gasteiger partial charge in [-0.25, -0.2) is 9.97 Å². The van der Waals surface area contributed by atoms with Gasteiger partial charge in [0.2, 0.25) is 0 Å². The topological polar surface area (TPSA) is 63.8 Å². The Labute approximate surface area is 101 Å². The van der Waals surface area contributed by atoms with Crippen molar-refractivity contribution in [3.05, 3.63) is 41.3 Å². The normalized spacial score (nSPS) is 10.3. The van der Waals surface area contributed by atoms with Crippen molar-refractivity contribution >= 4 is 17.2 Å². The second kappa shape index (κ2) is 4.41. The highest BCUT2D eigenvalue weighted by molar-refractivity contribution is 5.69. The highest BCUT2D eigenvalue weighted by atomic mass is 15.0. The van der Waals surface area contributed by atoms with Crippen molar-refractivity contribution in [3.8, 4) is 0 Å². The first-order valence-electron chi connectivity index (χ1n) is 5.48. The summed E-state index contributed by atoms with van der Waals surface area (Å²) in [5, 5.41) is 3.23. The molecule has 0 bridgehead atoms. The van der Waals surface area contributed by atoms with Gasteiger partial charge >= 0.3 is 0 Å². The van der Waals surface area contributed by atoms with Crippen LogP contribution in [-0.4, -0.2) is 9.97 Å². The monoisotopic (exact) mass is 228 g/mol. The predicted octanol–water partition coefficient (Wildman–Crippen LogP) is 2.73. The van der Waals surface area contributed by atoms with Gasteiger partial charge in [0.25, 0.3) is 0 Å². The molecule has 4 nitrogen and oxygen atoms in total. The Hall–Kier alpha value is -2.10. The summed E-state index contributed by atoms with van der Waals surface area (Å²) < 4.78 is 0. The fraction of sp³-hybridized carbons (Fsp3) is 0.231. The molecule has 0 unspecified atom stereocenters. The highest BCUT2D eigenvalue weighted by Crippen LogP contribution is 2.24. The van der Waals surface area contributed by atoms with Crippen LogP contribution in [0.2, 0.25) is 0 Å². The summed E-state index contributed by atoms with van der Waals surface area (Å²) in [7, 11) is 0. The third-order valence-corrected chi connectivity index (χ3v) is 2.95. The first kappa shape index (κ1) is 11.4. The Morgan fingerprint density at radius 1 is 1.12 bits per heavy atom. The molecule has 0 spiro atoms. The Morgan fingerprint density at radius 2 is 1.76 bits per heavy atom. The minimum Gasteiger partial charge on any atom is -0.382 e. The first-order chi connectivity index (χ1) is 8.08. The van der Waals surface area contributed by atoms with Crippen LogP contribution in [0.4, 0.5) is 17.2 Å². The zero-order valence-electron chi connectivity index (χ0n) is 10.3. The van der Waals surface area contributed by atoms with E-state index < -0.39 is 0 Å². The molecule has 1 aromatic carbocycles. The number of benzene rings is 1. The van der Waals surface area contributed by atoms with Gasteiger partial charge in [-0.1, -0.05) is 0 Å². The van der Waals surface area contributed by atoms with Crippen LogP contribution in [0, 0.1) is 20.8 Å². The maximum absolute atomic E-state index is 5.76. The van der Waals surface area contributed by atoms with Crippen molar-refractivity contribution < 1.29 is 0 Å². The van der Waals surface area contributed by atoms with Gasteiger partial charge in [0, 0.05) is 5.69 Å². The van der Waals surface area contributed by atoms with Gasteiger partial charge in [0.05, 0.1) is 11.9 Å². The average Bonchev–Trinajstić information content (AvgIpc) is 2.29. The van der Waals surface area contributed by atoms with Gasteiger partial charge in [0.1, 0.15) is 6.33 Å². The number of anilines is 3. The van der Waals surface area contributed by atoms with Crippen molar-refractivity contribution in [3.63, 3.8) is 0 Å². The fourth-order valence-electron chi connectivity index (χ4n) is 1.70. The molecule has 88 valence electrons. The number of nitrogen functional groups attached to an aromatic ring is 1. The molecule has 0 fully saturated rings. The summed E-state index contributed by atoms with van der Waals surface area (Å²) in [5.41, 5.74) is 11.3. The summed E-state index contributed by atoms with van der Waals surface area (Å²) >= 11 is 0. The number of rotatable bonds is 2.